The van der Waals surface area contributed by atoms with Gasteiger partial charge in [-0.25, -0.2) is 4.98 Å². The molecule has 1 fully saturated rings. The zero-order chi connectivity index (χ0) is 20.3. The number of carbonyl (C=O) groups is 1. The van der Waals surface area contributed by atoms with Crippen LogP contribution in [0.15, 0.2) is 18.3 Å². The Hall–Kier alpha value is -2.11. The number of rotatable bonds is 6. The second kappa shape index (κ2) is 8.50. The Morgan fingerprint density at radius 2 is 2.04 bits per heavy atom. The van der Waals surface area contributed by atoms with Gasteiger partial charge < -0.3 is 10.1 Å². The van der Waals surface area contributed by atoms with Crippen LogP contribution in [-0.4, -0.2) is 32.2 Å². The monoisotopic (exact) mass is 386 g/mol. The molecule has 0 amide bonds. The minimum Gasteiger partial charge on any atom is -0.460 e. The van der Waals surface area contributed by atoms with Crippen molar-refractivity contribution in [3.8, 4) is 0 Å². The summed E-state index contributed by atoms with van der Waals surface area (Å²) in [5.41, 5.74) is 1.59. The Balaban J connectivity index is 1.60. The molecule has 1 unspecified atom stereocenters. The van der Waals surface area contributed by atoms with Crippen molar-refractivity contribution in [1.82, 2.24) is 14.6 Å². The molecule has 1 aliphatic carbocycles. The number of fused-ring (bicyclic) bond motifs is 1. The number of aromatic nitrogens is 3. The van der Waals surface area contributed by atoms with Gasteiger partial charge in [0.15, 0.2) is 5.65 Å². The maximum absolute atomic E-state index is 12.1. The zero-order valence-electron chi connectivity index (χ0n) is 17.9. The average Bonchev–Trinajstić information content (AvgIpc) is 3.10. The van der Waals surface area contributed by atoms with E-state index in [1.807, 2.05) is 31.4 Å². The topological polar surface area (TPSA) is 68.5 Å². The van der Waals surface area contributed by atoms with Crippen LogP contribution >= 0.6 is 0 Å². The lowest BCUT2D eigenvalue weighted by atomic mass is 9.84. The van der Waals surface area contributed by atoms with Gasteiger partial charge in [0.1, 0.15) is 11.4 Å². The van der Waals surface area contributed by atoms with E-state index in [0.717, 1.165) is 49.3 Å². The van der Waals surface area contributed by atoms with Gasteiger partial charge in [-0.2, -0.15) is 9.61 Å². The van der Waals surface area contributed by atoms with Gasteiger partial charge in [-0.15, -0.1) is 0 Å². The third-order valence-electron chi connectivity index (χ3n) is 5.57. The first-order chi connectivity index (χ1) is 13.2. The van der Waals surface area contributed by atoms with E-state index in [0.29, 0.717) is 24.3 Å². The smallest absolute Gasteiger partial charge is 0.306 e. The summed E-state index contributed by atoms with van der Waals surface area (Å²) >= 11 is 0. The SMILES string of the molecule is CCC(C)c1cc(NC2CCC(CC(=O)OC(C)(C)C)CC2)n2nccc2n1. The molecule has 0 bridgehead atoms. The van der Waals surface area contributed by atoms with Crippen LogP contribution in [0.3, 0.4) is 0 Å². The molecule has 2 aromatic heterocycles. The second-order valence-corrected chi connectivity index (χ2v) is 9.13. The number of hydrogen-bond donors (Lipinski definition) is 1. The Kier molecular flexibility index (Phi) is 6.26. The van der Waals surface area contributed by atoms with Crippen LogP contribution in [0.2, 0.25) is 0 Å². The van der Waals surface area contributed by atoms with E-state index in [1.54, 1.807) is 6.20 Å². The fraction of sp³-hybridized carbons (Fsp3) is 0.682. The predicted molar refractivity (Wildman–Crippen MR) is 112 cm³/mol. The van der Waals surface area contributed by atoms with Crippen LogP contribution in [0.4, 0.5) is 5.82 Å². The van der Waals surface area contributed by atoms with E-state index in [9.17, 15) is 4.79 Å². The lowest BCUT2D eigenvalue weighted by Gasteiger charge is -2.30. The summed E-state index contributed by atoms with van der Waals surface area (Å²) < 4.78 is 7.36. The average molecular weight is 387 g/mol. The molecule has 6 heteroatoms. The van der Waals surface area contributed by atoms with Crippen molar-refractivity contribution in [2.75, 3.05) is 5.32 Å². The van der Waals surface area contributed by atoms with E-state index in [-0.39, 0.29) is 5.97 Å². The highest BCUT2D eigenvalue weighted by Gasteiger charge is 2.26. The molecule has 1 saturated carbocycles. The van der Waals surface area contributed by atoms with Crippen molar-refractivity contribution < 1.29 is 9.53 Å². The molecule has 0 aliphatic heterocycles. The van der Waals surface area contributed by atoms with Crippen LogP contribution in [0.1, 0.15) is 84.8 Å². The number of ether oxygens (including phenoxy) is 1. The number of esters is 1. The first-order valence-electron chi connectivity index (χ1n) is 10.6. The van der Waals surface area contributed by atoms with Crippen molar-refractivity contribution in [3.63, 3.8) is 0 Å². The quantitative estimate of drug-likeness (QED) is 0.712. The molecule has 1 atom stereocenters. The molecule has 3 rings (SSSR count). The van der Waals surface area contributed by atoms with Gasteiger partial charge in [0.2, 0.25) is 0 Å². The lowest BCUT2D eigenvalue weighted by Crippen LogP contribution is -2.30. The van der Waals surface area contributed by atoms with Crippen molar-refractivity contribution in [1.29, 1.82) is 0 Å². The summed E-state index contributed by atoms with van der Waals surface area (Å²) in [6, 6.07) is 4.49. The number of anilines is 1. The van der Waals surface area contributed by atoms with Crippen LogP contribution in [0, 0.1) is 5.92 Å². The predicted octanol–water partition coefficient (Wildman–Crippen LogP) is 4.95. The van der Waals surface area contributed by atoms with Crippen molar-refractivity contribution in [2.45, 2.75) is 90.7 Å². The Morgan fingerprint density at radius 1 is 1.32 bits per heavy atom. The number of nitrogens with one attached hydrogen (secondary N) is 1. The third-order valence-corrected chi connectivity index (χ3v) is 5.57. The first kappa shape index (κ1) is 20.6. The standard InChI is InChI=1S/C22H34N4O2/c1-6-15(2)18-14-20(26-19(25-18)11-12-23-26)24-17-9-7-16(8-10-17)13-21(27)28-22(3,4)5/h11-12,14-17,24H,6-10,13H2,1-5H3. The van der Waals surface area contributed by atoms with Crippen molar-refractivity contribution in [2.24, 2.45) is 5.92 Å². The van der Waals surface area contributed by atoms with Gasteiger partial charge >= 0.3 is 5.97 Å². The largest absolute Gasteiger partial charge is 0.460 e. The molecule has 1 N–H and O–H groups in total. The number of nitrogens with zero attached hydrogens (tertiary/aromatic N) is 3. The molecule has 0 saturated heterocycles. The van der Waals surface area contributed by atoms with Gasteiger partial charge in [-0.3, -0.25) is 4.79 Å². The molecular weight excluding hydrogens is 352 g/mol. The third kappa shape index (κ3) is 5.24. The molecule has 0 spiro atoms. The lowest BCUT2D eigenvalue weighted by molar-refractivity contribution is -0.156. The normalized spacial score (nSPS) is 21.5. The van der Waals surface area contributed by atoms with E-state index in [4.69, 9.17) is 9.72 Å². The van der Waals surface area contributed by atoms with Gasteiger partial charge in [-0.1, -0.05) is 13.8 Å². The van der Waals surface area contributed by atoms with Gasteiger partial charge in [0.25, 0.3) is 0 Å². The highest BCUT2D eigenvalue weighted by Crippen LogP contribution is 2.30. The summed E-state index contributed by atoms with van der Waals surface area (Å²) in [7, 11) is 0. The Morgan fingerprint density at radius 3 is 2.68 bits per heavy atom. The number of hydrogen-bond acceptors (Lipinski definition) is 5. The molecule has 2 heterocycles. The molecule has 154 valence electrons. The van der Waals surface area contributed by atoms with Crippen LogP contribution in [0.5, 0.6) is 0 Å². The molecule has 28 heavy (non-hydrogen) atoms. The highest BCUT2D eigenvalue weighted by molar-refractivity contribution is 5.70. The maximum atomic E-state index is 12.1. The fourth-order valence-electron chi connectivity index (χ4n) is 3.84. The summed E-state index contributed by atoms with van der Waals surface area (Å²) in [5.74, 6) is 1.78. The van der Waals surface area contributed by atoms with Crippen LogP contribution in [-0.2, 0) is 9.53 Å². The van der Waals surface area contributed by atoms with E-state index in [2.05, 4.69) is 30.3 Å². The molecule has 6 nitrogen and oxygen atoms in total. The summed E-state index contributed by atoms with van der Waals surface area (Å²) in [6.45, 7) is 10.2. The molecule has 2 aromatic rings. The van der Waals surface area contributed by atoms with Crippen molar-refractivity contribution >= 4 is 17.4 Å². The van der Waals surface area contributed by atoms with Crippen molar-refractivity contribution in [3.05, 3.63) is 24.0 Å². The van der Waals surface area contributed by atoms with E-state index >= 15 is 0 Å². The van der Waals surface area contributed by atoms with Crippen LogP contribution < -0.4 is 5.32 Å². The fourth-order valence-corrected chi connectivity index (χ4v) is 3.84. The summed E-state index contributed by atoms with van der Waals surface area (Å²) in [6.07, 6.45) is 7.58. The van der Waals surface area contributed by atoms with Gasteiger partial charge in [-0.05, 0) is 64.7 Å². The van der Waals surface area contributed by atoms with Crippen LogP contribution in [0.25, 0.3) is 5.65 Å². The Labute approximate surface area is 168 Å². The number of carbonyl (C=O) groups excluding carboxylic acids is 1. The maximum Gasteiger partial charge on any atom is 0.306 e. The molecule has 0 radical (unpaired) electrons. The summed E-state index contributed by atoms with van der Waals surface area (Å²) in [4.78, 5) is 16.8. The highest BCUT2D eigenvalue weighted by atomic mass is 16.6. The van der Waals surface area contributed by atoms with Gasteiger partial charge in [0, 0.05) is 30.3 Å². The van der Waals surface area contributed by atoms with E-state index in [1.165, 1.54) is 0 Å². The van der Waals surface area contributed by atoms with E-state index < -0.39 is 5.60 Å². The Bertz CT molecular complexity index is 800. The molecule has 1 aliphatic rings. The summed E-state index contributed by atoms with van der Waals surface area (Å²) in [5, 5.41) is 8.11. The minimum absolute atomic E-state index is 0.0745. The molecular formula is C22H34N4O2. The zero-order valence-corrected chi connectivity index (χ0v) is 17.9. The second-order valence-electron chi connectivity index (χ2n) is 9.13. The molecule has 0 aromatic carbocycles. The first-order valence-corrected chi connectivity index (χ1v) is 10.6. The van der Waals surface area contributed by atoms with Gasteiger partial charge in [0.05, 0.1) is 6.20 Å². The minimum atomic E-state index is -0.403.